The van der Waals surface area contributed by atoms with E-state index < -0.39 is 10.2 Å². The molecule has 2 aliphatic heterocycles. The standard InChI is InChI=1S/C15H27N5O3S/c1-12-8-13(2)10-20(9-12)24(21,22)19-6-4-18(5-7-19)11-15-16-14(3)23-17-15/h12-13H,4-11H2,1-3H3. The first-order chi connectivity index (χ1) is 11.3. The molecule has 24 heavy (non-hydrogen) atoms. The van der Waals surface area contributed by atoms with Crippen LogP contribution in [0, 0.1) is 18.8 Å². The molecule has 3 rings (SSSR count). The molecule has 1 aromatic rings. The predicted molar refractivity (Wildman–Crippen MR) is 89.3 cm³/mol. The average molecular weight is 357 g/mol. The quantitative estimate of drug-likeness (QED) is 0.790. The number of aromatic nitrogens is 2. The van der Waals surface area contributed by atoms with Crippen LogP contribution < -0.4 is 0 Å². The third-order valence-corrected chi connectivity index (χ3v) is 6.72. The summed E-state index contributed by atoms with van der Waals surface area (Å²) in [6.07, 6.45) is 1.10. The molecule has 3 heterocycles. The summed E-state index contributed by atoms with van der Waals surface area (Å²) < 4.78 is 34.1. The van der Waals surface area contributed by atoms with E-state index in [1.807, 2.05) is 0 Å². The van der Waals surface area contributed by atoms with E-state index in [2.05, 4.69) is 28.9 Å². The molecule has 0 radical (unpaired) electrons. The van der Waals surface area contributed by atoms with Crippen LogP contribution in [-0.2, 0) is 16.8 Å². The van der Waals surface area contributed by atoms with Crippen molar-refractivity contribution in [2.45, 2.75) is 33.7 Å². The molecule has 2 aliphatic rings. The fourth-order valence-electron chi connectivity index (χ4n) is 3.68. The van der Waals surface area contributed by atoms with E-state index in [0.717, 1.165) is 6.42 Å². The second-order valence-corrected chi connectivity index (χ2v) is 9.10. The SMILES string of the molecule is Cc1nc(CN2CCN(S(=O)(=O)N3CC(C)CC(C)C3)CC2)no1. The van der Waals surface area contributed by atoms with Crippen molar-refractivity contribution in [2.24, 2.45) is 11.8 Å². The molecule has 136 valence electrons. The first kappa shape index (κ1) is 17.8. The number of aryl methyl sites for hydroxylation is 1. The van der Waals surface area contributed by atoms with Crippen molar-refractivity contribution >= 4 is 10.2 Å². The van der Waals surface area contributed by atoms with Crippen LogP contribution in [0.15, 0.2) is 4.52 Å². The molecule has 2 unspecified atom stereocenters. The van der Waals surface area contributed by atoms with Crippen LogP contribution in [0.25, 0.3) is 0 Å². The maximum absolute atomic E-state index is 12.9. The van der Waals surface area contributed by atoms with Crippen LogP contribution in [0.4, 0.5) is 0 Å². The third-order valence-electron chi connectivity index (χ3n) is 4.75. The van der Waals surface area contributed by atoms with Gasteiger partial charge >= 0.3 is 0 Å². The summed E-state index contributed by atoms with van der Waals surface area (Å²) in [5, 5.41) is 3.90. The molecule has 1 aromatic heterocycles. The Morgan fingerprint density at radius 2 is 1.71 bits per heavy atom. The molecule has 0 aromatic carbocycles. The summed E-state index contributed by atoms with van der Waals surface area (Å²) in [4.78, 5) is 6.37. The zero-order valence-corrected chi connectivity index (χ0v) is 15.5. The fourth-order valence-corrected chi connectivity index (χ4v) is 5.52. The van der Waals surface area contributed by atoms with Gasteiger partial charge in [0.15, 0.2) is 5.82 Å². The van der Waals surface area contributed by atoms with Crippen molar-refractivity contribution in [1.82, 2.24) is 23.7 Å². The number of piperidine rings is 1. The highest BCUT2D eigenvalue weighted by atomic mass is 32.2. The second-order valence-electron chi connectivity index (χ2n) is 7.18. The summed E-state index contributed by atoms with van der Waals surface area (Å²) in [7, 11) is -3.35. The molecule has 2 saturated heterocycles. The molecule has 8 nitrogen and oxygen atoms in total. The van der Waals surface area contributed by atoms with Crippen LogP contribution >= 0.6 is 0 Å². The van der Waals surface area contributed by atoms with Gasteiger partial charge in [-0.2, -0.15) is 22.0 Å². The van der Waals surface area contributed by atoms with Crippen molar-refractivity contribution in [2.75, 3.05) is 39.3 Å². The molecule has 0 saturated carbocycles. The number of hydrogen-bond donors (Lipinski definition) is 0. The van der Waals surface area contributed by atoms with Crippen LogP contribution in [-0.4, -0.2) is 71.3 Å². The minimum Gasteiger partial charge on any atom is -0.340 e. The lowest BCUT2D eigenvalue weighted by Crippen LogP contribution is -2.55. The maximum Gasteiger partial charge on any atom is 0.282 e. The Kier molecular flexibility index (Phi) is 5.24. The minimum atomic E-state index is -3.35. The van der Waals surface area contributed by atoms with Crippen molar-refractivity contribution < 1.29 is 12.9 Å². The fraction of sp³-hybridized carbons (Fsp3) is 0.867. The minimum absolute atomic E-state index is 0.422. The lowest BCUT2D eigenvalue weighted by atomic mass is 9.94. The molecule has 2 atom stereocenters. The third kappa shape index (κ3) is 3.96. The Morgan fingerprint density at radius 3 is 2.25 bits per heavy atom. The monoisotopic (exact) mass is 357 g/mol. The first-order valence-corrected chi connectivity index (χ1v) is 10.0. The molecule has 0 bridgehead atoms. The Hall–Kier alpha value is -1.03. The van der Waals surface area contributed by atoms with Crippen LogP contribution in [0.1, 0.15) is 32.0 Å². The lowest BCUT2D eigenvalue weighted by Gasteiger charge is -2.40. The average Bonchev–Trinajstić information content (AvgIpc) is 2.92. The summed E-state index contributed by atoms with van der Waals surface area (Å²) >= 11 is 0. The van der Waals surface area contributed by atoms with E-state index in [1.54, 1.807) is 15.5 Å². The van der Waals surface area contributed by atoms with Crippen molar-refractivity contribution in [1.29, 1.82) is 0 Å². The number of rotatable bonds is 4. The summed E-state index contributed by atoms with van der Waals surface area (Å²) in [6, 6.07) is 0. The zero-order valence-electron chi connectivity index (χ0n) is 14.7. The van der Waals surface area contributed by atoms with Gasteiger partial charge in [0.25, 0.3) is 10.2 Å². The van der Waals surface area contributed by atoms with E-state index in [9.17, 15) is 8.42 Å². The molecule has 2 fully saturated rings. The Labute approximate surface area is 144 Å². The molecular formula is C15H27N5O3S. The van der Waals surface area contributed by atoms with Gasteiger partial charge in [0.1, 0.15) is 0 Å². The summed E-state index contributed by atoms with van der Waals surface area (Å²) in [6.45, 7) is 10.3. The summed E-state index contributed by atoms with van der Waals surface area (Å²) in [5.74, 6) is 2.06. The van der Waals surface area contributed by atoms with Gasteiger partial charge in [-0.05, 0) is 18.3 Å². The normalized spacial score (nSPS) is 28.3. The molecular weight excluding hydrogens is 330 g/mol. The van der Waals surface area contributed by atoms with Crippen LogP contribution in [0.5, 0.6) is 0 Å². The predicted octanol–water partition coefficient (Wildman–Crippen LogP) is 0.718. The molecule has 0 N–H and O–H groups in total. The van der Waals surface area contributed by atoms with E-state index in [-0.39, 0.29) is 0 Å². The van der Waals surface area contributed by atoms with E-state index in [1.165, 1.54) is 0 Å². The van der Waals surface area contributed by atoms with Crippen LogP contribution in [0.3, 0.4) is 0 Å². The van der Waals surface area contributed by atoms with Gasteiger partial charge < -0.3 is 4.52 Å². The van der Waals surface area contributed by atoms with E-state index in [0.29, 0.717) is 69.4 Å². The van der Waals surface area contributed by atoms with Crippen molar-refractivity contribution in [3.63, 3.8) is 0 Å². The number of nitrogens with zero attached hydrogens (tertiary/aromatic N) is 5. The molecule has 0 aliphatic carbocycles. The van der Waals surface area contributed by atoms with Crippen molar-refractivity contribution in [3.05, 3.63) is 11.7 Å². The lowest BCUT2D eigenvalue weighted by molar-refractivity contribution is 0.159. The summed E-state index contributed by atoms with van der Waals surface area (Å²) in [5.41, 5.74) is 0. The van der Waals surface area contributed by atoms with E-state index >= 15 is 0 Å². The maximum atomic E-state index is 12.9. The van der Waals surface area contributed by atoms with Gasteiger partial charge in [0.2, 0.25) is 5.89 Å². The highest BCUT2D eigenvalue weighted by Gasteiger charge is 2.36. The van der Waals surface area contributed by atoms with Crippen molar-refractivity contribution in [3.8, 4) is 0 Å². The Morgan fingerprint density at radius 1 is 1.08 bits per heavy atom. The topological polar surface area (TPSA) is 82.8 Å². The zero-order chi connectivity index (χ0) is 17.3. The molecule has 9 heteroatoms. The van der Waals surface area contributed by atoms with Gasteiger partial charge in [-0.15, -0.1) is 0 Å². The Bertz CT molecular complexity index is 644. The highest BCUT2D eigenvalue weighted by Crippen LogP contribution is 2.25. The van der Waals surface area contributed by atoms with Gasteiger partial charge in [0.05, 0.1) is 6.54 Å². The highest BCUT2D eigenvalue weighted by molar-refractivity contribution is 7.86. The van der Waals surface area contributed by atoms with Gasteiger partial charge in [-0.3, -0.25) is 4.90 Å². The van der Waals surface area contributed by atoms with Gasteiger partial charge in [0, 0.05) is 46.2 Å². The van der Waals surface area contributed by atoms with Crippen LogP contribution in [0.2, 0.25) is 0 Å². The number of hydrogen-bond acceptors (Lipinski definition) is 6. The van der Waals surface area contributed by atoms with Gasteiger partial charge in [-0.1, -0.05) is 19.0 Å². The molecule has 0 amide bonds. The van der Waals surface area contributed by atoms with E-state index in [4.69, 9.17) is 4.52 Å². The molecule has 0 spiro atoms. The number of piperazine rings is 1. The largest absolute Gasteiger partial charge is 0.340 e. The smallest absolute Gasteiger partial charge is 0.282 e. The first-order valence-electron chi connectivity index (χ1n) is 8.61. The second kappa shape index (κ2) is 7.07. The van der Waals surface area contributed by atoms with Gasteiger partial charge in [-0.25, -0.2) is 0 Å². The Balaban J connectivity index is 1.57.